The predicted molar refractivity (Wildman–Crippen MR) is 84.1 cm³/mol. The van der Waals surface area contributed by atoms with E-state index in [2.05, 4.69) is 25.7 Å². The third-order valence-corrected chi connectivity index (χ3v) is 4.87. The van der Waals surface area contributed by atoms with E-state index in [-0.39, 0.29) is 6.61 Å². The average molecular weight is 345 g/mol. The van der Waals surface area contributed by atoms with Crippen molar-refractivity contribution in [2.45, 2.75) is 31.7 Å². The summed E-state index contributed by atoms with van der Waals surface area (Å²) >= 11 is 3.02. The molecule has 0 aliphatic heterocycles. The van der Waals surface area contributed by atoms with E-state index in [9.17, 15) is 8.78 Å². The van der Waals surface area contributed by atoms with Crippen LogP contribution in [0.5, 0.6) is 0 Å². The van der Waals surface area contributed by atoms with Crippen LogP contribution in [0.2, 0.25) is 0 Å². The highest BCUT2D eigenvalue weighted by Gasteiger charge is 2.28. The van der Waals surface area contributed by atoms with Crippen molar-refractivity contribution in [3.05, 3.63) is 28.2 Å². The number of aromatic nitrogens is 2. The molecular weight excluding hydrogens is 328 g/mol. The van der Waals surface area contributed by atoms with Gasteiger partial charge in [-0.05, 0) is 35.2 Å². The number of nitrogens with zero attached hydrogens (tertiary/aromatic N) is 3. The van der Waals surface area contributed by atoms with Gasteiger partial charge in [-0.25, -0.2) is 13.8 Å². The molecule has 0 radical (unpaired) electrons. The van der Waals surface area contributed by atoms with Crippen molar-refractivity contribution in [3.63, 3.8) is 0 Å². The van der Waals surface area contributed by atoms with Gasteiger partial charge in [0.1, 0.15) is 12.4 Å². The second-order valence-electron chi connectivity index (χ2n) is 5.23. The van der Waals surface area contributed by atoms with Gasteiger partial charge in [0.15, 0.2) is 0 Å². The van der Waals surface area contributed by atoms with Crippen molar-refractivity contribution in [1.82, 2.24) is 9.36 Å². The molecule has 1 saturated carbocycles. The molecule has 0 N–H and O–H groups in total. The topological polar surface area (TPSA) is 38.2 Å². The van der Waals surface area contributed by atoms with Gasteiger partial charge >= 0.3 is 0 Å². The summed E-state index contributed by atoms with van der Waals surface area (Å²) in [5.74, 6) is 1.44. The van der Waals surface area contributed by atoms with Crippen LogP contribution < -0.4 is 4.90 Å². The molecule has 8 heteroatoms. The van der Waals surface area contributed by atoms with Crippen LogP contribution in [0.25, 0.3) is 0 Å². The Morgan fingerprint density at radius 1 is 1.41 bits per heavy atom. The predicted octanol–water partition coefficient (Wildman–Crippen LogP) is 3.77. The van der Waals surface area contributed by atoms with Crippen molar-refractivity contribution in [2.75, 3.05) is 24.7 Å². The van der Waals surface area contributed by atoms with Crippen LogP contribution in [-0.4, -0.2) is 35.5 Å². The Morgan fingerprint density at radius 3 is 2.95 bits per heavy atom. The molecule has 0 unspecified atom stereocenters. The summed E-state index contributed by atoms with van der Waals surface area (Å²) < 4.78 is 33.7. The molecule has 1 fully saturated rings. The Kier molecular flexibility index (Phi) is 5.32. The standard InChI is InChI=1S/C14H17F2N3OS2/c15-12(16)8-20-5-4-19(7-10-3-6-21-9-10)14-17-13(18-22-14)11-1-2-11/h3,6,9,11-12H,1-2,4-5,7-8H2. The monoisotopic (exact) mass is 345 g/mol. The summed E-state index contributed by atoms with van der Waals surface area (Å²) in [5.41, 5.74) is 1.18. The molecular formula is C14H17F2N3OS2. The van der Waals surface area contributed by atoms with Crippen LogP contribution in [0, 0.1) is 0 Å². The molecule has 3 rings (SSSR count). The van der Waals surface area contributed by atoms with Crippen molar-refractivity contribution < 1.29 is 13.5 Å². The number of alkyl halides is 2. The zero-order valence-corrected chi connectivity index (χ0v) is 13.6. The van der Waals surface area contributed by atoms with Gasteiger partial charge in [0, 0.05) is 30.5 Å². The van der Waals surface area contributed by atoms with Crippen LogP contribution in [-0.2, 0) is 11.3 Å². The Balaban J connectivity index is 1.61. The molecule has 2 aromatic rings. The summed E-state index contributed by atoms with van der Waals surface area (Å²) in [6.45, 7) is 0.964. The highest BCUT2D eigenvalue weighted by atomic mass is 32.1. The molecule has 22 heavy (non-hydrogen) atoms. The maximum Gasteiger partial charge on any atom is 0.261 e. The fraction of sp³-hybridized carbons (Fsp3) is 0.571. The minimum atomic E-state index is -2.42. The molecule has 120 valence electrons. The number of ether oxygens (including phenoxy) is 1. The normalized spacial score (nSPS) is 14.7. The largest absolute Gasteiger partial charge is 0.374 e. The molecule has 1 aliphatic carbocycles. The van der Waals surface area contributed by atoms with Crippen LogP contribution >= 0.6 is 22.9 Å². The fourth-order valence-electron chi connectivity index (χ4n) is 2.05. The second kappa shape index (κ2) is 7.43. The van der Waals surface area contributed by atoms with E-state index in [4.69, 9.17) is 4.74 Å². The molecule has 0 bridgehead atoms. The van der Waals surface area contributed by atoms with Crippen molar-refractivity contribution in [2.24, 2.45) is 0 Å². The smallest absolute Gasteiger partial charge is 0.261 e. The van der Waals surface area contributed by atoms with E-state index in [0.717, 1.165) is 23.8 Å². The molecule has 0 atom stereocenters. The van der Waals surface area contributed by atoms with Gasteiger partial charge in [0.2, 0.25) is 5.13 Å². The highest BCUT2D eigenvalue weighted by Crippen LogP contribution is 2.39. The molecule has 2 aromatic heterocycles. The quantitative estimate of drug-likeness (QED) is 0.649. The summed E-state index contributed by atoms with van der Waals surface area (Å²) in [6, 6.07) is 2.06. The molecule has 0 aromatic carbocycles. The van der Waals surface area contributed by atoms with E-state index in [0.29, 0.717) is 19.0 Å². The minimum Gasteiger partial charge on any atom is -0.374 e. The van der Waals surface area contributed by atoms with Gasteiger partial charge in [-0.2, -0.15) is 15.7 Å². The number of hydrogen-bond donors (Lipinski definition) is 0. The fourth-order valence-corrected chi connectivity index (χ4v) is 3.49. The van der Waals surface area contributed by atoms with Crippen LogP contribution in [0.4, 0.5) is 13.9 Å². The highest BCUT2D eigenvalue weighted by molar-refractivity contribution is 7.09. The van der Waals surface area contributed by atoms with Crippen LogP contribution in [0.3, 0.4) is 0 Å². The number of anilines is 1. The molecule has 2 heterocycles. The first-order valence-electron chi connectivity index (χ1n) is 7.18. The SMILES string of the molecule is FC(F)COCCN(Cc1ccsc1)c1nc(C2CC2)ns1. The van der Waals surface area contributed by atoms with Gasteiger partial charge in [0.25, 0.3) is 6.43 Å². The molecule has 0 amide bonds. The van der Waals surface area contributed by atoms with E-state index in [1.54, 1.807) is 11.3 Å². The zero-order valence-electron chi connectivity index (χ0n) is 12.0. The average Bonchev–Trinajstić information content (AvgIpc) is 3.01. The third kappa shape index (κ3) is 4.44. The van der Waals surface area contributed by atoms with Gasteiger partial charge in [-0.3, -0.25) is 0 Å². The van der Waals surface area contributed by atoms with E-state index >= 15 is 0 Å². The van der Waals surface area contributed by atoms with Crippen molar-refractivity contribution >= 4 is 28.0 Å². The Labute approximate surface area is 135 Å². The van der Waals surface area contributed by atoms with Crippen molar-refractivity contribution in [1.29, 1.82) is 0 Å². The number of hydrogen-bond acceptors (Lipinski definition) is 6. The number of rotatable bonds is 9. The van der Waals surface area contributed by atoms with Crippen LogP contribution in [0.15, 0.2) is 16.8 Å². The first-order valence-corrected chi connectivity index (χ1v) is 8.89. The molecule has 1 aliphatic rings. The Hall–Kier alpha value is -1.12. The van der Waals surface area contributed by atoms with Gasteiger partial charge < -0.3 is 9.64 Å². The van der Waals surface area contributed by atoms with E-state index < -0.39 is 13.0 Å². The lowest BCUT2D eigenvalue weighted by atomic mass is 10.3. The van der Waals surface area contributed by atoms with E-state index in [1.165, 1.54) is 17.1 Å². The second-order valence-corrected chi connectivity index (χ2v) is 6.74. The molecule has 4 nitrogen and oxygen atoms in total. The van der Waals surface area contributed by atoms with Gasteiger partial charge in [0.05, 0.1) is 6.61 Å². The summed E-state index contributed by atoms with van der Waals surface area (Å²) in [4.78, 5) is 6.65. The summed E-state index contributed by atoms with van der Waals surface area (Å²) in [7, 11) is 0. The molecule has 0 saturated heterocycles. The van der Waals surface area contributed by atoms with Gasteiger partial charge in [-0.15, -0.1) is 0 Å². The van der Waals surface area contributed by atoms with E-state index in [1.807, 2.05) is 5.38 Å². The van der Waals surface area contributed by atoms with Crippen molar-refractivity contribution in [3.8, 4) is 0 Å². The van der Waals surface area contributed by atoms with Crippen LogP contribution in [0.1, 0.15) is 30.1 Å². The Bertz CT molecular complexity index is 572. The minimum absolute atomic E-state index is 0.257. The maximum atomic E-state index is 12.1. The molecule has 0 spiro atoms. The lowest BCUT2D eigenvalue weighted by Gasteiger charge is -2.20. The first kappa shape index (κ1) is 15.8. The number of halogens is 2. The zero-order chi connectivity index (χ0) is 15.4. The van der Waals surface area contributed by atoms with Gasteiger partial charge in [-0.1, -0.05) is 0 Å². The Morgan fingerprint density at radius 2 is 2.27 bits per heavy atom. The maximum absolute atomic E-state index is 12.1. The lowest BCUT2D eigenvalue weighted by molar-refractivity contribution is 0.0201. The number of thiophene rings is 1. The summed E-state index contributed by atoms with van der Waals surface area (Å²) in [6.07, 6.45) is -0.0931. The lowest BCUT2D eigenvalue weighted by Crippen LogP contribution is -2.27. The third-order valence-electron chi connectivity index (χ3n) is 3.35. The first-order chi connectivity index (χ1) is 10.7. The summed E-state index contributed by atoms with van der Waals surface area (Å²) in [5, 5.41) is 4.94.